The summed E-state index contributed by atoms with van der Waals surface area (Å²) in [4.78, 5) is 6.90. The van der Waals surface area contributed by atoms with Gasteiger partial charge < -0.3 is 10.6 Å². The summed E-state index contributed by atoms with van der Waals surface area (Å²) < 4.78 is 0. The molecule has 2 N–H and O–H groups in total. The minimum Gasteiger partial charge on any atom is -0.356 e. The van der Waals surface area contributed by atoms with Gasteiger partial charge in [-0.1, -0.05) is 13.8 Å². The highest BCUT2D eigenvalue weighted by molar-refractivity contribution is 14.0. The fourth-order valence-corrected chi connectivity index (χ4v) is 2.90. The molecule has 4 unspecified atom stereocenters. The number of nitrogens with zero attached hydrogens (tertiary/aromatic N) is 2. The van der Waals surface area contributed by atoms with Gasteiger partial charge in [-0.15, -0.1) is 24.0 Å². The second-order valence-electron chi connectivity index (χ2n) is 6.70. The van der Waals surface area contributed by atoms with Gasteiger partial charge in [0.1, 0.15) is 0 Å². The lowest BCUT2D eigenvalue weighted by Crippen LogP contribution is -2.47. The van der Waals surface area contributed by atoms with E-state index in [1.54, 1.807) is 0 Å². The van der Waals surface area contributed by atoms with E-state index in [0.29, 0.717) is 18.0 Å². The summed E-state index contributed by atoms with van der Waals surface area (Å²) in [7, 11) is 1.87. The van der Waals surface area contributed by atoms with E-state index < -0.39 is 0 Å². The van der Waals surface area contributed by atoms with Crippen LogP contribution in [-0.2, 0) is 0 Å². The molecule has 0 amide bonds. The van der Waals surface area contributed by atoms with Gasteiger partial charge >= 0.3 is 0 Å². The lowest BCUT2D eigenvalue weighted by atomic mass is 10.1. The number of hydrogen-bond acceptors (Lipinski definition) is 2. The van der Waals surface area contributed by atoms with Crippen LogP contribution in [0.3, 0.4) is 0 Å². The molecule has 0 aromatic rings. The Kier molecular flexibility index (Phi) is 7.04. The lowest BCUT2D eigenvalue weighted by molar-refractivity contribution is 0.265. The molecule has 1 saturated carbocycles. The van der Waals surface area contributed by atoms with Crippen LogP contribution in [-0.4, -0.2) is 49.6 Å². The monoisotopic (exact) mass is 394 g/mol. The van der Waals surface area contributed by atoms with E-state index in [1.165, 1.54) is 13.0 Å². The van der Waals surface area contributed by atoms with E-state index in [9.17, 15) is 0 Å². The number of rotatable bonds is 4. The fraction of sp³-hybridized carbons (Fsp3) is 0.933. The first-order chi connectivity index (χ1) is 9.01. The molecule has 20 heavy (non-hydrogen) atoms. The first-order valence-corrected chi connectivity index (χ1v) is 7.72. The Hall–Kier alpha value is -0.0400. The van der Waals surface area contributed by atoms with Crippen LogP contribution in [0.4, 0.5) is 0 Å². The SMILES string of the molecule is CN=C(NCC1CC1C)NC1CN(C(C)C)CC1C.I. The third kappa shape index (κ3) is 4.76. The lowest BCUT2D eigenvalue weighted by Gasteiger charge is -2.22. The van der Waals surface area contributed by atoms with Gasteiger partial charge in [-0.25, -0.2) is 0 Å². The van der Waals surface area contributed by atoms with Crippen molar-refractivity contribution in [1.29, 1.82) is 0 Å². The Bertz CT molecular complexity index is 332. The van der Waals surface area contributed by atoms with Crippen LogP contribution in [0.2, 0.25) is 0 Å². The van der Waals surface area contributed by atoms with Gasteiger partial charge in [-0.3, -0.25) is 9.89 Å². The molecule has 0 radical (unpaired) electrons. The molecule has 118 valence electrons. The van der Waals surface area contributed by atoms with Gasteiger partial charge in [0.2, 0.25) is 0 Å². The van der Waals surface area contributed by atoms with E-state index in [2.05, 4.69) is 48.2 Å². The summed E-state index contributed by atoms with van der Waals surface area (Å²) in [5.41, 5.74) is 0. The first kappa shape index (κ1) is 18.0. The summed E-state index contributed by atoms with van der Waals surface area (Å²) in [5, 5.41) is 7.07. The molecule has 1 heterocycles. The third-order valence-corrected chi connectivity index (χ3v) is 4.72. The maximum atomic E-state index is 4.36. The second kappa shape index (κ2) is 7.82. The smallest absolute Gasteiger partial charge is 0.191 e. The number of hydrogen-bond donors (Lipinski definition) is 2. The van der Waals surface area contributed by atoms with E-state index in [0.717, 1.165) is 30.9 Å². The van der Waals surface area contributed by atoms with Crippen LogP contribution in [0.5, 0.6) is 0 Å². The summed E-state index contributed by atoms with van der Waals surface area (Å²) in [6, 6.07) is 1.15. The molecule has 0 aromatic heterocycles. The molecule has 2 aliphatic rings. The Labute approximate surface area is 141 Å². The largest absolute Gasteiger partial charge is 0.356 e. The normalized spacial score (nSPS) is 34.0. The number of aliphatic imine (C=N–C) groups is 1. The Balaban J connectivity index is 0.00000200. The van der Waals surface area contributed by atoms with Crippen molar-refractivity contribution in [3.8, 4) is 0 Å². The van der Waals surface area contributed by atoms with Crippen molar-refractivity contribution in [3.05, 3.63) is 0 Å². The van der Waals surface area contributed by atoms with Gasteiger partial charge in [0.15, 0.2) is 5.96 Å². The fourth-order valence-electron chi connectivity index (χ4n) is 2.90. The van der Waals surface area contributed by atoms with Crippen molar-refractivity contribution in [2.75, 3.05) is 26.7 Å². The van der Waals surface area contributed by atoms with Gasteiger partial charge in [0.25, 0.3) is 0 Å². The molecule has 2 rings (SSSR count). The minimum absolute atomic E-state index is 0. The zero-order valence-corrected chi connectivity index (χ0v) is 15.8. The average molecular weight is 394 g/mol. The molecule has 5 heteroatoms. The van der Waals surface area contributed by atoms with E-state index in [1.807, 2.05) is 7.05 Å². The highest BCUT2D eigenvalue weighted by atomic mass is 127. The van der Waals surface area contributed by atoms with E-state index >= 15 is 0 Å². The van der Waals surface area contributed by atoms with Crippen molar-refractivity contribution in [1.82, 2.24) is 15.5 Å². The van der Waals surface area contributed by atoms with E-state index in [4.69, 9.17) is 0 Å². The van der Waals surface area contributed by atoms with Crippen LogP contribution < -0.4 is 10.6 Å². The van der Waals surface area contributed by atoms with Gasteiger partial charge in [-0.05, 0) is 38.0 Å². The molecule has 1 saturated heterocycles. The van der Waals surface area contributed by atoms with Crippen molar-refractivity contribution >= 4 is 29.9 Å². The highest BCUT2D eigenvalue weighted by Crippen LogP contribution is 2.36. The number of guanidine groups is 1. The highest BCUT2D eigenvalue weighted by Gasteiger charge is 2.33. The minimum atomic E-state index is 0. The molecule has 0 aromatic carbocycles. The van der Waals surface area contributed by atoms with Crippen molar-refractivity contribution in [2.45, 2.75) is 46.2 Å². The number of nitrogens with one attached hydrogen (secondary N) is 2. The molecular weight excluding hydrogens is 363 g/mol. The summed E-state index contributed by atoms with van der Waals surface area (Å²) in [6.45, 7) is 12.6. The Morgan fingerprint density at radius 1 is 1.25 bits per heavy atom. The maximum Gasteiger partial charge on any atom is 0.191 e. The van der Waals surface area contributed by atoms with Crippen LogP contribution in [0.25, 0.3) is 0 Å². The topological polar surface area (TPSA) is 39.7 Å². The summed E-state index contributed by atoms with van der Waals surface area (Å²) >= 11 is 0. The zero-order chi connectivity index (χ0) is 14.0. The van der Waals surface area contributed by atoms with Gasteiger partial charge in [-0.2, -0.15) is 0 Å². The van der Waals surface area contributed by atoms with Crippen molar-refractivity contribution in [3.63, 3.8) is 0 Å². The number of likely N-dealkylation sites (tertiary alicyclic amines) is 1. The number of halogens is 1. The molecule has 4 atom stereocenters. The zero-order valence-electron chi connectivity index (χ0n) is 13.5. The molecule has 0 spiro atoms. The first-order valence-electron chi connectivity index (χ1n) is 7.72. The third-order valence-electron chi connectivity index (χ3n) is 4.72. The van der Waals surface area contributed by atoms with Crippen LogP contribution in [0.15, 0.2) is 4.99 Å². The van der Waals surface area contributed by atoms with E-state index in [-0.39, 0.29) is 24.0 Å². The van der Waals surface area contributed by atoms with Crippen molar-refractivity contribution < 1.29 is 0 Å². The predicted molar refractivity (Wildman–Crippen MR) is 96.8 cm³/mol. The molecule has 1 aliphatic heterocycles. The molecular formula is C15H31IN4. The van der Waals surface area contributed by atoms with Crippen LogP contribution in [0, 0.1) is 17.8 Å². The summed E-state index contributed by atoms with van der Waals surface area (Å²) in [5.74, 6) is 3.40. The Morgan fingerprint density at radius 3 is 2.35 bits per heavy atom. The molecule has 2 fully saturated rings. The molecule has 1 aliphatic carbocycles. The van der Waals surface area contributed by atoms with Crippen LogP contribution >= 0.6 is 24.0 Å². The predicted octanol–water partition coefficient (Wildman–Crippen LogP) is 2.15. The van der Waals surface area contributed by atoms with Gasteiger partial charge in [0.05, 0.1) is 0 Å². The quantitative estimate of drug-likeness (QED) is 0.436. The maximum absolute atomic E-state index is 4.36. The molecule has 4 nitrogen and oxygen atoms in total. The Morgan fingerprint density at radius 2 is 1.90 bits per heavy atom. The average Bonchev–Trinajstić information content (AvgIpc) is 2.94. The standard InChI is InChI=1S/C15H30N4.HI/c1-10(2)19-8-12(4)14(9-19)18-15(16-5)17-7-13-6-11(13)3;/h10-14H,6-9H2,1-5H3,(H2,16,17,18);1H. The molecule has 0 bridgehead atoms. The second-order valence-corrected chi connectivity index (χ2v) is 6.70. The van der Waals surface area contributed by atoms with Gasteiger partial charge in [0, 0.05) is 38.8 Å². The van der Waals surface area contributed by atoms with Crippen molar-refractivity contribution in [2.24, 2.45) is 22.7 Å². The van der Waals surface area contributed by atoms with Crippen LogP contribution in [0.1, 0.15) is 34.1 Å². The summed E-state index contributed by atoms with van der Waals surface area (Å²) in [6.07, 6.45) is 1.37.